The van der Waals surface area contributed by atoms with Crippen LogP contribution in [0.5, 0.6) is 5.75 Å². The van der Waals surface area contributed by atoms with Crippen LogP contribution in [-0.2, 0) is 10.5 Å². The van der Waals surface area contributed by atoms with Crippen molar-refractivity contribution < 1.29 is 14.5 Å². The van der Waals surface area contributed by atoms with Gasteiger partial charge in [0.25, 0.3) is 0 Å². The number of benzene rings is 1. The highest BCUT2D eigenvalue weighted by molar-refractivity contribution is 7.99. The van der Waals surface area contributed by atoms with E-state index in [0.717, 1.165) is 5.56 Å². The fourth-order valence-corrected chi connectivity index (χ4v) is 3.19. The number of anilines is 1. The minimum absolute atomic E-state index is 0.0992. The number of carbonyl (C=O) groups excluding carboxylic acids is 1. The molecule has 1 aromatic carbocycles. The van der Waals surface area contributed by atoms with Crippen molar-refractivity contribution in [3.05, 3.63) is 64.9 Å². The molecule has 0 aliphatic heterocycles. The van der Waals surface area contributed by atoms with Gasteiger partial charge in [-0.1, -0.05) is 6.07 Å². The summed E-state index contributed by atoms with van der Waals surface area (Å²) in [7, 11) is 1.38. The van der Waals surface area contributed by atoms with Crippen LogP contribution in [-0.4, -0.2) is 43.4 Å². The van der Waals surface area contributed by atoms with Gasteiger partial charge in [0.1, 0.15) is 12.7 Å². The molecule has 2 aromatic heterocycles. The van der Waals surface area contributed by atoms with E-state index >= 15 is 0 Å². The summed E-state index contributed by atoms with van der Waals surface area (Å²) in [6, 6.07) is 8.17. The number of nitrogens with zero attached hydrogens (tertiary/aromatic N) is 5. The number of carbonyl (C=O) groups is 1. The zero-order chi connectivity index (χ0) is 19.9. The number of hydrogen-bond donors (Lipinski definition) is 1. The maximum atomic E-state index is 12.3. The molecule has 0 spiro atoms. The van der Waals surface area contributed by atoms with E-state index < -0.39 is 4.92 Å². The average Bonchev–Trinajstić information content (AvgIpc) is 3.23. The van der Waals surface area contributed by atoms with Crippen molar-refractivity contribution in [2.45, 2.75) is 5.75 Å². The lowest BCUT2D eigenvalue weighted by molar-refractivity contribution is -0.385. The zero-order valence-electron chi connectivity index (χ0n) is 14.8. The second-order valence-corrected chi connectivity index (χ2v) is 6.50. The smallest absolute Gasteiger partial charge is 0.311 e. The number of ether oxygens (including phenoxy) is 1. The largest absolute Gasteiger partial charge is 0.490 e. The Labute approximate surface area is 164 Å². The monoisotopic (exact) mass is 400 g/mol. The Morgan fingerprint density at radius 3 is 2.96 bits per heavy atom. The van der Waals surface area contributed by atoms with E-state index in [1.54, 1.807) is 30.5 Å². The van der Waals surface area contributed by atoms with Crippen LogP contribution in [0.2, 0.25) is 0 Å². The molecule has 0 aliphatic carbocycles. The van der Waals surface area contributed by atoms with Crippen LogP contribution in [0.15, 0.2) is 49.2 Å². The number of aromatic nitrogens is 4. The predicted molar refractivity (Wildman–Crippen MR) is 104 cm³/mol. The van der Waals surface area contributed by atoms with E-state index in [9.17, 15) is 14.9 Å². The Bertz CT molecular complexity index is 980. The summed E-state index contributed by atoms with van der Waals surface area (Å²) in [4.78, 5) is 30.9. The second kappa shape index (κ2) is 8.95. The summed E-state index contributed by atoms with van der Waals surface area (Å²) in [6.45, 7) is 0. The van der Waals surface area contributed by atoms with E-state index in [1.807, 2.05) is 0 Å². The van der Waals surface area contributed by atoms with Crippen molar-refractivity contribution in [2.24, 2.45) is 0 Å². The highest BCUT2D eigenvalue weighted by Gasteiger charge is 2.15. The molecule has 1 amide bonds. The summed E-state index contributed by atoms with van der Waals surface area (Å²) in [5.74, 6) is 1.06. The number of thioether (sulfide) groups is 1. The van der Waals surface area contributed by atoms with Crippen LogP contribution in [0.25, 0.3) is 5.82 Å². The number of pyridine rings is 1. The second-order valence-electron chi connectivity index (χ2n) is 5.52. The van der Waals surface area contributed by atoms with Gasteiger partial charge in [-0.25, -0.2) is 14.6 Å². The quantitative estimate of drug-likeness (QED) is 0.451. The van der Waals surface area contributed by atoms with E-state index in [4.69, 9.17) is 4.74 Å². The van der Waals surface area contributed by atoms with Gasteiger partial charge in [0, 0.05) is 18.0 Å². The maximum absolute atomic E-state index is 12.3. The number of hydrogen-bond acceptors (Lipinski definition) is 8. The summed E-state index contributed by atoms with van der Waals surface area (Å²) >= 11 is 1.34. The SMILES string of the molecule is COc1ccc(CSCC(=O)Nc2cccnc2-n2cncn2)cc1[N+](=O)[O-]. The van der Waals surface area contributed by atoms with Crippen molar-refractivity contribution in [3.8, 4) is 11.6 Å². The van der Waals surface area contributed by atoms with Gasteiger partial charge in [-0.15, -0.1) is 11.8 Å². The van der Waals surface area contributed by atoms with Crippen LogP contribution >= 0.6 is 11.8 Å². The fraction of sp³-hybridized carbons (Fsp3) is 0.176. The summed E-state index contributed by atoms with van der Waals surface area (Å²) in [5.41, 5.74) is 1.14. The number of rotatable bonds is 8. The first-order chi connectivity index (χ1) is 13.6. The van der Waals surface area contributed by atoms with E-state index in [2.05, 4.69) is 20.4 Å². The Balaban J connectivity index is 1.59. The third-order valence-corrected chi connectivity index (χ3v) is 4.64. The van der Waals surface area contributed by atoms with Gasteiger partial charge < -0.3 is 10.1 Å². The lowest BCUT2D eigenvalue weighted by Crippen LogP contribution is -2.16. The number of nitrogens with one attached hydrogen (secondary N) is 1. The van der Waals surface area contributed by atoms with Gasteiger partial charge in [0.05, 0.1) is 23.5 Å². The van der Waals surface area contributed by atoms with Crippen molar-refractivity contribution in [1.82, 2.24) is 19.7 Å². The lowest BCUT2D eigenvalue weighted by atomic mass is 10.2. The molecular weight excluding hydrogens is 384 g/mol. The van der Waals surface area contributed by atoms with Crippen LogP contribution in [0.4, 0.5) is 11.4 Å². The molecule has 0 atom stereocenters. The maximum Gasteiger partial charge on any atom is 0.311 e. The first kappa shape index (κ1) is 19.3. The minimum atomic E-state index is -0.492. The Hall–Kier alpha value is -3.47. The molecule has 0 saturated carbocycles. The van der Waals surface area contributed by atoms with Crippen molar-refractivity contribution in [1.29, 1.82) is 0 Å². The zero-order valence-corrected chi connectivity index (χ0v) is 15.6. The molecular formula is C17H16N6O4S. The van der Waals surface area contributed by atoms with E-state index in [-0.39, 0.29) is 23.1 Å². The van der Waals surface area contributed by atoms with Crippen molar-refractivity contribution >= 4 is 29.0 Å². The van der Waals surface area contributed by atoms with Gasteiger partial charge in [-0.05, 0) is 23.8 Å². The molecule has 2 heterocycles. The molecule has 0 radical (unpaired) electrons. The van der Waals surface area contributed by atoms with Crippen LogP contribution in [0.3, 0.4) is 0 Å². The minimum Gasteiger partial charge on any atom is -0.490 e. The molecule has 11 heteroatoms. The van der Waals surface area contributed by atoms with E-state index in [1.165, 1.54) is 42.3 Å². The lowest BCUT2D eigenvalue weighted by Gasteiger charge is -2.09. The third kappa shape index (κ3) is 4.62. The van der Waals surface area contributed by atoms with Gasteiger partial charge >= 0.3 is 5.69 Å². The number of amides is 1. The predicted octanol–water partition coefficient (Wildman–Crippen LogP) is 2.45. The molecule has 3 aromatic rings. The standard InChI is InChI=1S/C17H16N6O4S/c1-27-15-5-4-12(7-14(15)23(25)26)8-28-9-16(24)21-13-3-2-6-19-17(13)22-11-18-10-20-22/h2-7,10-11H,8-9H2,1H3,(H,21,24). The Morgan fingerprint density at radius 2 is 2.25 bits per heavy atom. The van der Waals surface area contributed by atoms with Gasteiger partial charge in [0.2, 0.25) is 5.91 Å². The Kier molecular flexibility index (Phi) is 6.17. The summed E-state index contributed by atoms with van der Waals surface area (Å²) in [5, 5.41) is 17.9. The van der Waals surface area contributed by atoms with Crippen molar-refractivity contribution in [2.75, 3.05) is 18.2 Å². The molecule has 3 rings (SSSR count). The Morgan fingerprint density at radius 1 is 1.39 bits per heavy atom. The van der Waals surface area contributed by atoms with Gasteiger partial charge in [-0.2, -0.15) is 5.10 Å². The summed E-state index contributed by atoms with van der Waals surface area (Å²) < 4.78 is 6.44. The normalized spacial score (nSPS) is 10.5. The molecule has 1 N–H and O–H groups in total. The first-order valence-electron chi connectivity index (χ1n) is 8.07. The molecule has 0 bridgehead atoms. The summed E-state index contributed by atoms with van der Waals surface area (Å²) in [6.07, 6.45) is 4.46. The molecule has 0 unspecified atom stereocenters. The average molecular weight is 400 g/mol. The topological polar surface area (TPSA) is 125 Å². The molecule has 144 valence electrons. The highest BCUT2D eigenvalue weighted by atomic mass is 32.2. The fourth-order valence-electron chi connectivity index (χ4n) is 2.41. The molecule has 10 nitrogen and oxygen atoms in total. The molecule has 0 saturated heterocycles. The van der Waals surface area contributed by atoms with E-state index in [0.29, 0.717) is 17.3 Å². The third-order valence-electron chi connectivity index (χ3n) is 3.64. The van der Waals surface area contributed by atoms with Crippen molar-refractivity contribution in [3.63, 3.8) is 0 Å². The molecule has 0 fully saturated rings. The molecule has 28 heavy (non-hydrogen) atoms. The molecule has 0 aliphatic rings. The number of nitro benzene ring substituents is 1. The van der Waals surface area contributed by atoms with Crippen LogP contribution in [0.1, 0.15) is 5.56 Å². The van der Waals surface area contributed by atoms with Crippen LogP contribution in [0, 0.1) is 10.1 Å². The van der Waals surface area contributed by atoms with Gasteiger partial charge in [-0.3, -0.25) is 14.9 Å². The number of methoxy groups -OCH3 is 1. The van der Waals surface area contributed by atoms with Gasteiger partial charge in [0.15, 0.2) is 11.6 Å². The number of nitro groups is 1. The highest BCUT2D eigenvalue weighted by Crippen LogP contribution is 2.29. The van der Waals surface area contributed by atoms with Crippen LogP contribution < -0.4 is 10.1 Å². The first-order valence-corrected chi connectivity index (χ1v) is 9.23.